The molecule has 5 heteroatoms. The average molecular weight is 295 g/mol. The van der Waals surface area contributed by atoms with Gasteiger partial charge in [-0.05, 0) is 30.9 Å². The molecule has 0 bridgehead atoms. The second-order valence-electron chi connectivity index (χ2n) is 4.60. The minimum Gasteiger partial charge on any atom is -0.212 e. The van der Waals surface area contributed by atoms with Gasteiger partial charge in [-0.15, -0.1) is 11.3 Å². The fourth-order valence-electron chi connectivity index (χ4n) is 1.81. The Kier molecular flexibility index (Phi) is 4.39. The number of hydrogen-bond donors (Lipinski definition) is 1. The molecule has 19 heavy (non-hydrogen) atoms. The van der Waals surface area contributed by atoms with E-state index in [4.69, 9.17) is 0 Å². The van der Waals surface area contributed by atoms with Gasteiger partial charge in [-0.2, -0.15) is 0 Å². The molecule has 1 aromatic heterocycles. The van der Waals surface area contributed by atoms with Gasteiger partial charge in [0, 0.05) is 4.88 Å². The first-order valence-electron chi connectivity index (χ1n) is 6.05. The lowest BCUT2D eigenvalue weighted by Crippen LogP contribution is -2.27. The smallest absolute Gasteiger partial charge is 0.212 e. The van der Waals surface area contributed by atoms with Gasteiger partial charge in [0.05, 0.1) is 11.8 Å². The van der Waals surface area contributed by atoms with Gasteiger partial charge in [-0.1, -0.05) is 35.9 Å². The quantitative estimate of drug-likeness (QED) is 0.920. The normalized spacial score (nSPS) is 13.4. The van der Waals surface area contributed by atoms with Crippen LogP contribution in [0.3, 0.4) is 0 Å². The second kappa shape index (κ2) is 5.86. The van der Waals surface area contributed by atoms with Crippen LogP contribution in [-0.2, 0) is 15.8 Å². The molecule has 0 aliphatic rings. The summed E-state index contributed by atoms with van der Waals surface area (Å²) in [5.74, 6) is 0.0169. The van der Waals surface area contributed by atoms with Crippen molar-refractivity contribution >= 4 is 21.4 Å². The summed E-state index contributed by atoms with van der Waals surface area (Å²) in [4.78, 5) is 1.02. The first-order valence-corrected chi connectivity index (χ1v) is 8.58. The van der Waals surface area contributed by atoms with Crippen LogP contribution < -0.4 is 4.72 Å². The van der Waals surface area contributed by atoms with E-state index in [2.05, 4.69) is 4.72 Å². The molecule has 1 aromatic carbocycles. The van der Waals surface area contributed by atoms with Crippen molar-refractivity contribution in [2.45, 2.75) is 25.6 Å². The van der Waals surface area contributed by atoms with Gasteiger partial charge in [0.2, 0.25) is 10.0 Å². The zero-order valence-corrected chi connectivity index (χ0v) is 12.6. The first-order chi connectivity index (χ1) is 8.96. The molecule has 0 radical (unpaired) electrons. The van der Waals surface area contributed by atoms with E-state index in [0.717, 1.165) is 16.0 Å². The highest BCUT2D eigenvalue weighted by atomic mass is 32.2. The van der Waals surface area contributed by atoms with Crippen LogP contribution in [0.25, 0.3) is 0 Å². The van der Waals surface area contributed by atoms with Gasteiger partial charge in [0.15, 0.2) is 0 Å². The molecule has 0 spiro atoms. The summed E-state index contributed by atoms with van der Waals surface area (Å²) in [6.07, 6.45) is 0. The van der Waals surface area contributed by atoms with Crippen molar-refractivity contribution in [3.05, 3.63) is 57.8 Å². The van der Waals surface area contributed by atoms with Gasteiger partial charge in [0.1, 0.15) is 0 Å². The number of rotatable bonds is 5. The molecule has 0 fully saturated rings. The molecule has 1 N–H and O–H groups in total. The van der Waals surface area contributed by atoms with Gasteiger partial charge < -0.3 is 0 Å². The highest BCUT2D eigenvalue weighted by molar-refractivity contribution is 7.88. The summed E-state index contributed by atoms with van der Waals surface area (Å²) >= 11 is 1.55. The number of thiophene rings is 1. The molecule has 2 aromatic rings. The van der Waals surface area contributed by atoms with Crippen molar-refractivity contribution in [3.63, 3.8) is 0 Å². The van der Waals surface area contributed by atoms with Gasteiger partial charge in [-0.3, -0.25) is 0 Å². The summed E-state index contributed by atoms with van der Waals surface area (Å²) in [7, 11) is -3.32. The molecule has 1 heterocycles. The van der Waals surface area contributed by atoms with Crippen molar-refractivity contribution in [1.82, 2.24) is 4.72 Å². The van der Waals surface area contributed by atoms with Crippen LogP contribution in [0.4, 0.5) is 0 Å². The fourth-order valence-corrected chi connectivity index (χ4v) is 4.00. The maximum Gasteiger partial charge on any atom is 0.216 e. The van der Waals surface area contributed by atoms with E-state index < -0.39 is 10.0 Å². The van der Waals surface area contributed by atoms with Gasteiger partial charge in [-0.25, -0.2) is 13.1 Å². The van der Waals surface area contributed by atoms with Crippen LogP contribution in [0.2, 0.25) is 0 Å². The van der Waals surface area contributed by atoms with Crippen LogP contribution >= 0.6 is 11.3 Å². The molecule has 0 saturated heterocycles. The Labute approximate surface area is 118 Å². The van der Waals surface area contributed by atoms with E-state index in [0.29, 0.717) is 0 Å². The van der Waals surface area contributed by atoms with E-state index in [9.17, 15) is 8.42 Å². The Morgan fingerprint density at radius 2 is 1.89 bits per heavy atom. The van der Waals surface area contributed by atoms with Gasteiger partial charge in [0.25, 0.3) is 0 Å². The van der Waals surface area contributed by atoms with E-state index in [-0.39, 0.29) is 11.8 Å². The zero-order valence-electron chi connectivity index (χ0n) is 11.0. The largest absolute Gasteiger partial charge is 0.216 e. The highest BCUT2D eigenvalue weighted by Gasteiger charge is 2.16. The molecular formula is C14H17NO2S2. The second-order valence-corrected chi connectivity index (χ2v) is 7.33. The van der Waals surface area contributed by atoms with Crippen molar-refractivity contribution in [2.75, 3.05) is 0 Å². The zero-order chi connectivity index (χ0) is 13.9. The molecule has 0 aliphatic heterocycles. The van der Waals surface area contributed by atoms with Crippen molar-refractivity contribution in [1.29, 1.82) is 0 Å². The number of sulfonamides is 1. The summed E-state index contributed by atoms with van der Waals surface area (Å²) < 4.78 is 26.9. The Bertz CT molecular complexity index is 616. The molecule has 3 nitrogen and oxygen atoms in total. The number of nitrogens with one attached hydrogen (secondary N) is 1. The Hall–Kier alpha value is -1.17. The van der Waals surface area contributed by atoms with E-state index in [1.165, 1.54) is 0 Å². The summed E-state index contributed by atoms with van der Waals surface area (Å²) in [5.41, 5.74) is 1.93. The van der Waals surface area contributed by atoms with Crippen LogP contribution in [0.1, 0.15) is 29.0 Å². The minimum absolute atomic E-state index is 0.0169. The molecular weight excluding hydrogens is 278 g/mol. The molecule has 0 amide bonds. The van der Waals surface area contributed by atoms with E-state index in [1.807, 2.05) is 55.6 Å². The van der Waals surface area contributed by atoms with Crippen LogP contribution in [0, 0.1) is 6.92 Å². The lowest BCUT2D eigenvalue weighted by molar-refractivity contribution is 0.567. The summed E-state index contributed by atoms with van der Waals surface area (Å²) in [5, 5.41) is 1.94. The lowest BCUT2D eigenvalue weighted by Gasteiger charge is -2.12. The fraction of sp³-hybridized carbons (Fsp3) is 0.286. The Balaban J connectivity index is 2.04. The molecule has 2 rings (SSSR count). The van der Waals surface area contributed by atoms with E-state index in [1.54, 1.807) is 11.3 Å². The van der Waals surface area contributed by atoms with Crippen molar-refractivity contribution in [3.8, 4) is 0 Å². The van der Waals surface area contributed by atoms with Crippen LogP contribution in [0.5, 0.6) is 0 Å². The number of hydrogen-bond acceptors (Lipinski definition) is 3. The maximum atomic E-state index is 12.1. The van der Waals surface area contributed by atoms with Crippen LogP contribution in [-0.4, -0.2) is 8.42 Å². The lowest BCUT2D eigenvalue weighted by atomic mass is 10.2. The summed E-state index contributed by atoms with van der Waals surface area (Å²) in [6.45, 7) is 3.84. The van der Waals surface area contributed by atoms with Gasteiger partial charge >= 0.3 is 0 Å². The third-order valence-corrected chi connectivity index (χ3v) is 5.28. The molecule has 0 saturated carbocycles. The highest BCUT2D eigenvalue weighted by Crippen LogP contribution is 2.19. The molecule has 1 atom stereocenters. The predicted octanol–water partition coefficient (Wildman–Crippen LogP) is 3.24. The topological polar surface area (TPSA) is 46.2 Å². The number of benzene rings is 1. The molecule has 102 valence electrons. The van der Waals surface area contributed by atoms with Crippen molar-refractivity contribution in [2.24, 2.45) is 0 Å². The average Bonchev–Trinajstić information content (AvgIpc) is 2.85. The minimum atomic E-state index is -3.32. The maximum absolute atomic E-state index is 12.1. The molecule has 0 aliphatic carbocycles. The number of aryl methyl sites for hydroxylation is 1. The van der Waals surface area contributed by atoms with Crippen molar-refractivity contribution < 1.29 is 8.42 Å². The third-order valence-electron chi connectivity index (χ3n) is 2.80. The standard InChI is InChI=1S/C14H17NO2S2/c1-11-5-7-13(8-6-11)10-19(16,17)15-12(2)14-4-3-9-18-14/h3-9,12,15H,10H2,1-2H3. The predicted molar refractivity (Wildman–Crippen MR) is 79.7 cm³/mol. The Morgan fingerprint density at radius 3 is 2.47 bits per heavy atom. The monoisotopic (exact) mass is 295 g/mol. The Morgan fingerprint density at radius 1 is 1.21 bits per heavy atom. The van der Waals surface area contributed by atoms with E-state index >= 15 is 0 Å². The summed E-state index contributed by atoms with van der Waals surface area (Å²) in [6, 6.07) is 11.2. The SMILES string of the molecule is Cc1ccc(CS(=O)(=O)NC(C)c2cccs2)cc1. The third kappa shape index (κ3) is 4.16. The van der Waals surface area contributed by atoms with Crippen LogP contribution in [0.15, 0.2) is 41.8 Å². The first kappa shape index (κ1) is 14.2. The molecule has 1 unspecified atom stereocenters.